The molecule has 0 aliphatic heterocycles. The van der Waals surface area contributed by atoms with Gasteiger partial charge in [0.1, 0.15) is 5.75 Å². The summed E-state index contributed by atoms with van der Waals surface area (Å²) in [5.74, 6) is 0.376. The fraction of sp³-hybridized carbons (Fsp3) is 0.357. The highest BCUT2D eigenvalue weighted by Gasteiger charge is 2.21. The molecule has 0 radical (unpaired) electrons. The zero-order valence-corrected chi connectivity index (χ0v) is 13.8. The zero-order valence-electron chi connectivity index (χ0n) is 13.1. The maximum Gasteiger partial charge on any atom is 0.331 e. The number of benzene rings is 1. The molecule has 0 atom stereocenters. The molecule has 0 aliphatic rings. The summed E-state index contributed by atoms with van der Waals surface area (Å²) >= 11 is 6.22. The summed E-state index contributed by atoms with van der Waals surface area (Å²) in [5.41, 5.74) is 0.512. The van der Waals surface area contributed by atoms with E-state index in [1.165, 1.54) is 28.4 Å². The number of methoxy groups -OCH3 is 4. The lowest BCUT2D eigenvalue weighted by Crippen LogP contribution is -2.07. The highest BCUT2D eigenvalue weighted by Crippen LogP contribution is 2.36. The van der Waals surface area contributed by atoms with E-state index in [4.69, 9.17) is 35.3 Å². The van der Waals surface area contributed by atoms with E-state index in [2.05, 4.69) is 15.0 Å². The van der Waals surface area contributed by atoms with E-state index in [1.807, 2.05) is 0 Å². The van der Waals surface area contributed by atoms with Crippen LogP contribution in [0.2, 0.25) is 5.02 Å². The van der Waals surface area contributed by atoms with Gasteiger partial charge in [-0.3, -0.25) is 0 Å². The Morgan fingerprint density at radius 3 is 1.96 bits per heavy atom. The van der Waals surface area contributed by atoms with E-state index in [0.717, 1.165) is 0 Å². The number of hydrogen-bond acceptors (Lipinski definition) is 8. The van der Waals surface area contributed by atoms with Crippen LogP contribution in [0.1, 0.15) is 11.9 Å². The standard InChI is InChI=1S/C14H16ClN3O5/c1-19-11(20-2)10-8(15)6-5-7-9(10)23-14-17-12(21-3)16-13(18-14)22-4/h5-7,11H,1-4H3. The lowest BCUT2D eigenvalue weighted by Gasteiger charge is -2.18. The first kappa shape index (κ1) is 17.2. The number of ether oxygens (including phenoxy) is 5. The van der Waals surface area contributed by atoms with Crippen LogP contribution >= 0.6 is 11.6 Å². The van der Waals surface area contributed by atoms with Crippen molar-refractivity contribution in [3.8, 4) is 23.8 Å². The molecule has 0 aliphatic carbocycles. The summed E-state index contributed by atoms with van der Waals surface area (Å²) < 4.78 is 26.1. The van der Waals surface area contributed by atoms with Gasteiger partial charge in [0.2, 0.25) is 0 Å². The summed E-state index contributed by atoms with van der Waals surface area (Å²) in [6, 6.07) is 5.22. The number of halogens is 1. The Morgan fingerprint density at radius 2 is 1.43 bits per heavy atom. The van der Waals surface area contributed by atoms with E-state index in [9.17, 15) is 0 Å². The molecule has 0 N–H and O–H groups in total. The second-order valence-electron chi connectivity index (χ2n) is 4.15. The summed E-state index contributed by atoms with van der Waals surface area (Å²) in [5, 5.41) is 0.421. The van der Waals surface area contributed by atoms with E-state index in [1.54, 1.807) is 18.2 Å². The summed E-state index contributed by atoms with van der Waals surface area (Å²) in [4.78, 5) is 11.9. The molecule has 2 aromatic rings. The highest BCUT2D eigenvalue weighted by atomic mass is 35.5. The van der Waals surface area contributed by atoms with Crippen molar-refractivity contribution in [2.45, 2.75) is 6.29 Å². The minimum absolute atomic E-state index is 0.0110. The van der Waals surface area contributed by atoms with E-state index < -0.39 is 6.29 Å². The first-order chi connectivity index (χ1) is 11.1. The molecule has 0 saturated heterocycles. The zero-order chi connectivity index (χ0) is 16.8. The third-order valence-electron chi connectivity index (χ3n) is 2.82. The van der Waals surface area contributed by atoms with Crippen LogP contribution in [0.25, 0.3) is 0 Å². The van der Waals surface area contributed by atoms with Gasteiger partial charge in [-0.15, -0.1) is 15.0 Å². The SMILES string of the molecule is COc1nc(OC)nc(Oc2cccc(Cl)c2C(OC)OC)n1. The van der Waals surface area contributed by atoms with Gasteiger partial charge in [0, 0.05) is 14.2 Å². The van der Waals surface area contributed by atoms with E-state index in [0.29, 0.717) is 16.3 Å². The first-order valence-electron chi connectivity index (χ1n) is 6.48. The average Bonchev–Trinajstić information content (AvgIpc) is 2.57. The Balaban J connectivity index is 2.42. The number of aromatic nitrogens is 3. The lowest BCUT2D eigenvalue weighted by molar-refractivity contribution is -0.106. The normalized spacial score (nSPS) is 10.7. The molecule has 0 amide bonds. The molecule has 0 fully saturated rings. The van der Waals surface area contributed by atoms with Crippen LogP contribution in [0.5, 0.6) is 23.8 Å². The molecule has 1 heterocycles. The molecule has 1 aromatic heterocycles. The second-order valence-corrected chi connectivity index (χ2v) is 4.56. The van der Waals surface area contributed by atoms with Gasteiger partial charge in [-0.25, -0.2) is 0 Å². The number of hydrogen-bond donors (Lipinski definition) is 0. The Kier molecular flexibility index (Phi) is 5.91. The van der Waals surface area contributed by atoms with Crippen molar-refractivity contribution in [1.29, 1.82) is 0 Å². The van der Waals surface area contributed by atoms with Crippen LogP contribution in [0, 0.1) is 0 Å². The number of rotatable bonds is 7. The minimum atomic E-state index is -0.704. The quantitative estimate of drug-likeness (QED) is 0.710. The Morgan fingerprint density at radius 1 is 0.870 bits per heavy atom. The molecule has 0 spiro atoms. The molecule has 9 heteroatoms. The van der Waals surface area contributed by atoms with Gasteiger partial charge in [0.25, 0.3) is 0 Å². The maximum absolute atomic E-state index is 6.22. The van der Waals surface area contributed by atoms with Crippen LogP contribution in [0.4, 0.5) is 0 Å². The highest BCUT2D eigenvalue weighted by molar-refractivity contribution is 6.31. The van der Waals surface area contributed by atoms with Crippen molar-refractivity contribution in [1.82, 2.24) is 15.0 Å². The van der Waals surface area contributed by atoms with Crippen LogP contribution in [0.3, 0.4) is 0 Å². The Hall–Kier alpha value is -2.16. The Bertz CT molecular complexity index is 645. The van der Waals surface area contributed by atoms with Crippen molar-refractivity contribution in [2.75, 3.05) is 28.4 Å². The first-order valence-corrected chi connectivity index (χ1v) is 6.86. The summed E-state index contributed by atoms with van der Waals surface area (Å²) in [6.07, 6.45) is -0.704. The number of nitrogens with zero attached hydrogens (tertiary/aromatic N) is 3. The van der Waals surface area contributed by atoms with Gasteiger partial charge < -0.3 is 23.7 Å². The predicted octanol–water partition coefficient (Wildman–Crippen LogP) is 2.63. The molecule has 2 rings (SSSR count). The lowest BCUT2D eigenvalue weighted by atomic mass is 10.2. The van der Waals surface area contributed by atoms with Gasteiger partial charge in [-0.05, 0) is 12.1 Å². The second kappa shape index (κ2) is 7.91. The molecule has 0 unspecified atom stereocenters. The predicted molar refractivity (Wildman–Crippen MR) is 81.2 cm³/mol. The van der Waals surface area contributed by atoms with Crippen molar-refractivity contribution in [3.05, 3.63) is 28.8 Å². The van der Waals surface area contributed by atoms with Crippen LogP contribution in [-0.2, 0) is 9.47 Å². The summed E-state index contributed by atoms with van der Waals surface area (Å²) in [7, 11) is 5.84. The van der Waals surface area contributed by atoms with Crippen molar-refractivity contribution in [2.24, 2.45) is 0 Å². The largest absolute Gasteiger partial charge is 0.467 e. The van der Waals surface area contributed by atoms with Crippen LogP contribution in [-0.4, -0.2) is 43.4 Å². The fourth-order valence-electron chi connectivity index (χ4n) is 1.81. The molecular weight excluding hydrogens is 326 g/mol. The molecule has 0 saturated carbocycles. The van der Waals surface area contributed by atoms with Gasteiger partial charge in [0.05, 0.1) is 24.8 Å². The monoisotopic (exact) mass is 341 g/mol. The fourth-order valence-corrected chi connectivity index (χ4v) is 2.07. The topological polar surface area (TPSA) is 84.8 Å². The average molecular weight is 342 g/mol. The van der Waals surface area contributed by atoms with Crippen molar-refractivity contribution >= 4 is 11.6 Å². The van der Waals surface area contributed by atoms with Crippen LogP contribution < -0.4 is 14.2 Å². The van der Waals surface area contributed by atoms with Crippen molar-refractivity contribution < 1.29 is 23.7 Å². The third-order valence-corrected chi connectivity index (χ3v) is 3.15. The molecule has 23 heavy (non-hydrogen) atoms. The van der Waals surface area contributed by atoms with Gasteiger partial charge in [-0.2, -0.15) is 0 Å². The van der Waals surface area contributed by atoms with E-state index >= 15 is 0 Å². The smallest absolute Gasteiger partial charge is 0.331 e. The van der Waals surface area contributed by atoms with Crippen LogP contribution in [0.15, 0.2) is 18.2 Å². The molecular formula is C14H16ClN3O5. The van der Waals surface area contributed by atoms with Gasteiger partial charge in [0.15, 0.2) is 6.29 Å². The van der Waals surface area contributed by atoms with Gasteiger partial charge >= 0.3 is 18.0 Å². The summed E-state index contributed by atoms with van der Waals surface area (Å²) in [6.45, 7) is 0. The van der Waals surface area contributed by atoms with Gasteiger partial charge in [-0.1, -0.05) is 17.7 Å². The third kappa shape index (κ3) is 3.98. The molecule has 0 bridgehead atoms. The molecule has 8 nitrogen and oxygen atoms in total. The molecule has 1 aromatic carbocycles. The molecule has 124 valence electrons. The maximum atomic E-state index is 6.22. The van der Waals surface area contributed by atoms with E-state index in [-0.39, 0.29) is 18.0 Å². The minimum Gasteiger partial charge on any atom is -0.467 e. The van der Waals surface area contributed by atoms with Crippen molar-refractivity contribution in [3.63, 3.8) is 0 Å². The Labute approximate surface area is 138 Å².